The summed E-state index contributed by atoms with van der Waals surface area (Å²) >= 11 is 0. The Balaban J connectivity index is 1.98. The lowest BCUT2D eigenvalue weighted by atomic mass is 10.0. The minimum absolute atomic E-state index is 0.170. The van der Waals surface area contributed by atoms with Crippen molar-refractivity contribution in [2.75, 3.05) is 0 Å². The molecule has 2 unspecified atom stereocenters. The van der Waals surface area contributed by atoms with E-state index in [-0.39, 0.29) is 12.1 Å². The normalized spacial score (nSPS) is 24.8. The van der Waals surface area contributed by atoms with Gasteiger partial charge in [0.2, 0.25) is 0 Å². The number of rotatable bonds is 3. The van der Waals surface area contributed by atoms with Crippen LogP contribution in [0.1, 0.15) is 48.8 Å². The summed E-state index contributed by atoms with van der Waals surface area (Å²) in [6, 6.07) is 6.70. The fourth-order valence-electron chi connectivity index (χ4n) is 2.89. The smallest absolute Gasteiger partial charge is 0.0693 e. The van der Waals surface area contributed by atoms with Crippen LogP contribution in [0.5, 0.6) is 0 Å². The first-order chi connectivity index (χ1) is 8.68. The summed E-state index contributed by atoms with van der Waals surface area (Å²) in [6.45, 7) is 5.20. The first kappa shape index (κ1) is 13.6. The van der Waals surface area contributed by atoms with Crippen LogP contribution in [-0.2, 0) is 6.54 Å². The van der Waals surface area contributed by atoms with Gasteiger partial charge in [-0.15, -0.1) is 0 Å². The first-order valence-electron chi connectivity index (χ1n) is 7.15. The third kappa shape index (κ3) is 3.33. The second kappa shape index (κ2) is 6.35. The van der Waals surface area contributed by atoms with Crippen LogP contribution in [-0.4, -0.2) is 17.3 Å². The Labute approximate surface area is 110 Å². The fraction of sp³-hybridized carbons (Fsp3) is 0.625. The van der Waals surface area contributed by atoms with E-state index < -0.39 is 0 Å². The molecular formula is C16H25NO. The summed E-state index contributed by atoms with van der Waals surface area (Å²) in [5, 5.41) is 13.7. The average molecular weight is 247 g/mol. The number of aliphatic hydroxyl groups excluding tert-OH is 1. The summed E-state index contributed by atoms with van der Waals surface area (Å²) < 4.78 is 0. The molecule has 1 aliphatic carbocycles. The number of hydrogen-bond acceptors (Lipinski definition) is 2. The van der Waals surface area contributed by atoms with Crippen LogP contribution in [0.4, 0.5) is 0 Å². The van der Waals surface area contributed by atoms with Crippen molar-refractivity contribution in [3.05, 3.63) is 34.9 Å². The number of aliphatic hydroxyl groups is 1. The molecule has 1 fully saturated rings. The van der Waals surface area contributed by atoms with Crippen molar-refractivity contribution in [3.8, 4) is 0 Å². The van der Waals surface area contributed by atoms with Crippen LogP contribution >= 0.6 is 0 Å². The van der Waals surface area contributed by atoms with E-state index in [1.165, 1.54) is 36.0 Å². The van der Waals surface area contributed by atoms with E-state index in [0.29, 0.717) is 0 Å². The zero-order valence-corrected chi connectivity index (χ0v) is 11.6. The van der Waals surface area contributed by atoms with E-state index in [0.717, 1.165) is 19.4 Å². The molecule has 100 valence electrons. The Hall–Kier alpha value is -0.860. The van der Waals surface area contributed by atoms with Gasteiger partial charge in [0.1, 0.15) is 0 Å². The molecule has 1 aromatic rings. The number of nitrogens with one attached hydrogen (secondary N) is 1. The van der Waals surface area contributed by atoms with Crippen LogP contribution in [0.2, 0.25) is 0 Å². The molecule has 0 saturated heterocycles. The molecule has 0 amide bonds. The quantitative estimate of drug-likeness (QED) is 0.805. The molecule has 0 bridgehead atoms. The predicted octanol–water partition coefficient (Wildman–Crippen LogP) is 3.09. The highest BCUT2D eigenvalue weighted by Gasteiger charge is 2.21. The number of aryl methyl sites for hydroxylation is 2. The maximum atomic E-state index is 10.1. The van der Waals surface area contributed by atoms with Crippen molar-refractivity contribution in [3.63, 3.8) is 0 Å². The van der Waals surface area contributed by atoms with Crippen LogP contribution < -0.4 is 5.32 Å². The molecule has 0 aliphatic heterocycles. The maximum Gasteiger partial charge on any atom is 0.0693 e. The van der Waals surface area contributed by atoms with Crippen LogP contribution in [0.3, 0.4) is 0 Å². The van der Waals surface area contributed by atoms with E-state index in [2.05, 4.69) is 37.4 Å². The van der Waals surface area contributed by atoms with Crippen LogP contribution in [0.15, 0.2) is 18.2 Å². The lowest BCUT2D eigenvalue weighted by molar-refractivity contribution is 0.119. The van der Waals surface area contributed by atoms with Gasteiger partial charge in [-0.05, 0) is 43.4 Å². The Morgan fingerprint density at radius 2 is 1.78 bits per heavy atom. The monoisotopic (exact) mass is 247 g/mol. The maximum absolute atomic E-state index is 10.1. The largest absolute Gasteiger partial charge is 0.392 e. The van der Waals surface area contributed by atoms with Crippen molar-refractivity contribution in [1.29, 1.82) is 0 Å². The molecular weight excluding hydrogens is 222 g/mol. The Morgan fingerprint density at radius 3 is 2.50 bits per heavy atom. The molecule has 2 rings (SSSR count). The van der Waals surface area contributed by atoms with Crippen molar-refractivity contribution >= 4 is 0 Å². The minimum atomic E-state index is -0.170. The van der Waals surface area contributed by atoms with Crippen molar-refractivity contribution in [2.24, 2.45) is 0 Å². The second-order valence-corrected chi connectivity index (χ2v) is 5.56. The highest BCUT2D eigenvalue weighted by atomic mass is 16.3. The molecule has 2 N–H and O–H groups in total. The van der Waals surface area contributed by atoms with Gasteiger partial charge in [0, 0.05) is 12.6 Å². The van der Waals surface area contributed by atoms with E-state index in [9.17, 15) is 5.11 Å². The average Bonchev–Trinajstić information content (AvgIpc) is 2.54. The molecule has 0 heterocycles. The molecule has 0 aromatic heterocycles. The highest BCUT2D eigenvalue weighted by Crippen LogP contribution is 2.19. The van der Waals surface area contributed by atoms with Gasteiger partial charge in [0.15, 0.2) is 0 Å². The summed E-state index contributed by atoms with van der Waals surface area (Å²) in [4.78, 5) is 0. The van der Waals surface area contributed by atoms with E-state index in [1.807, 2.05) is 0 Å². The zero-order valence-electron chi connectivity index (χ0n) is 11.6. The van der Waals surface area contributed by atoms with Crippen LogP contribution in [0.25, 0.3) is 0 Å². The molecule has 1 aliphatic rings. The molecule has 2 atom stereocenters. The topological polar surface area (TPSA) is 32.3 Å². The third-order valence-corrected chi connectivity index (χ3v) is 4.16. The van der Waals surface area contributed by atoms with Gasteiger partial charge in [0.25, 0.3) is 0 Å². The lowest BCUT2D eigenvalue weighted by Crippen LogP contribution is -2.38. The zero-order chi connectivity index (χ0) is 13.0. The van der Waals surface area contributed by atoms with Gasteiger partial charge in [-0.1, -0.05) is 37.5 Å². The predicted molar refractivity (Wildman–Crippen MR) is 75.6 cm³/mol. The SMILES string of the molecule is Cc1cccc(C)c1CNC1CCCCCC1O. The van der Waals surface area contributed by atoms with Crippen molar-refractivity contribution in [2.45, 2.75) is 64.6 Å². The minimum Gasteiger partial charge on any atom is -0.392 e. The highest BCUT2D eigenvalue weighted by molar-refractivity contribution is 5.33. The second-order valence-electron chi connectivity index (χ2n) is 5.56. The van der Waals surface area contributed by atoms with Gasteiger partial charge < -0.3 is 10.4 Å². The van der Waals surface area contributed by atoms with Gasteiger partial charge in [-0.3, -0.25) is 0 Å². The van der Waals surface area contributed by atoms with Crippen molar-refractivity contribution in [1.82, 2.24) is 5.32 Å². The summed E-state index contributed by atoms with van der Waals surface area (Å²) in [7, 11) is 0. The first-order valence-corrected chi connectivity index (χ1v) is 7.15. The molecule has 2 nitrogen and oxygen atoms in total. The standard InChI is InChI=1S/C16H25NO/c1-12-7-6-8-13(2)14(12)11-17-15-9-4-3-5-10-16(15)18/h6-8,15-18H,3-5,9-11H2,1-2H3. The van der Waals surface area contributed by atoms with Gasteiger partial charge in [0.05, 0.1) is 6.10 Å². The summed E-state index contributed by atoms with van der Waals surface area (Å²) in [5.74, 6) is 0. The molecule has 18 heavy (non-hydrogen) atoms. The van der Waals surface area contributed by atoms with Crippen LogP contribution in [0, 0.1) is 13.8 Å². The number of benzene rings is 1. The van der Waals surface area contributed by atoms with E-state index in [4.69, 9.17) is 0 Å². The van der Waals surface area contributed by atoms with Crippen molar-refractivity contribution < 1.29 is 5.11 Å². The van der Waals surface area contributed by atoms with Gasteiger partial charge in [-0.25, -0.2) is 0 Å². The lowest BCUT2D eigenvalue weighted by Gasteiger charge is -2.23. The molecule has 1 aromatic carbocycles. The van der Waals surface area contributed by atoms with Gasteiger partial charge in [-0.2, -0.15) is 0 Å². The Morgan fingerprint density at radius 1 is 1.11 bits per heavy atom. The summed E-state index contributed by atoms with van der Waals surface area (Å²) in [5.41, 5.74) is 4.06. The summed E-state index contributed by atoms with van der Waals surface area (Å²) in [6.07, 6.45) is 5.55. The fourth-order valence-corrected chi connectivity index (χ4v) is 2.89. The number of hydrogen-bond donors (Lipinski definition) is 2. The van der Waals surface area contributed by atoms with E-state index in [1.54, 1.807) is 0 Å². The molecule has 0 spiro atoms. The third-order valence-electron chi connectivity index (χ3n) is 4.16. The van der Waals surface area contributed by atoms with E-state index >= 15 is 0 Å². The Bertz CT molecular complexity index is 368. The van der Waals surface area contributed by atoms with Gasteiger partial charge >= 0.3 is 0 Å². The molecule has 2 heteroatoms. The molecule has 0 radical (unpaired) electrons. The molecule has 1 saturated carbocycles. The Kier molecular flexibility index (Phi) is 4.79.